The van der Waals surface area contributed by atoms with E-state index in [0.29, 0.717) is 25.2 Å². The highest BCUT2D eigenvalue weighted by Crippen LogP contribution is 2.16. The van der Waals surface area contributed by atoms with Gasteiger partial charge in [-0.2, -0.15) is 0 Å². The molecule has 0 saturated carbocycles. The van der Waals surface area contributed by atoms with Crippen LogP contribution in [0.15, 0.2) is 0 Å². The molecule has 0 aromatic rings. The fourth-order valence-electron chi connectivity index (χ4n) is 2.14. The van der Waals surface area contributed by atoms with Crippen LogP contribution in [-0.4, -0.2) is 45.2 Å². The normalized spacial score (nSPS) is 33.4. The molecule has 0 amide bonds. The van der Waals surface area contributed by atoms with Crippen molar-refractivity contribution in [1.82, 2.24) is 0 Å². The van der Waals surface area contributed by atoms with Crippen LogP contribution in [0, 0.1) is 5.92 Å². The van der Waals surface area contributed by atoms with Gasteiger partial charge in [-0.05, 0) is 19.3 Å². The second-order valence-corrected chi connectivity index (χ2v) is 4.46. The summed E-state index contributed by atoms with van der Waals surface area (Å²) in [7, 11) is 0. The lowest BCUT2D eigenvalue weighted by Crippen LogP contribution is -2.36. The van der Waals surface area contributed by atoms with E-state index in [0.717, 1.165) is 39.1 Å². The van der Waals surface area contributed by atoms with Crippen LogP contribution in [0.5, 0.6) is 0 Å². The average molecular weight is 215 g/mol. The van der Waals surface area contributed by atoms with E-state index in [4.69, 9.17) is 19.9 Å². The molecule has 0 aromatic carbocycles. The summed E-state index contributed by atoms with van der Waals surface area (Å²) in [5.41, 5.74) is 6.02. The van der Waals surface area contributed by atoms with Gasteiger partial charge >= 0.3 is 0 Å². The summed E-state index contributed by atoms with van der Waals surface area (Å²) in [6, 6.07) is 0.119. The number of ether oxygens (including phenoxy) is 3. The molecule has 2 aliphatic heterocycles. The molecule has 2 N–H and O–H groups in total. The van der Waals surface area contributed by atoms with Crippen molar-refractivity contribution in [3.63, 3.8) is 0 Å². The molecular formula is C11H21NO3. The molecule has 2 heterocycles. The molecule has 0 bridgehead atoms. The van der Waals surface area contributed by atoms with Gasteiger partial charge in [0.05, 0.1) is 25.9 Å². The molecule has 3 atom stereocenters. The SMILES string of the molecule is NC(COCC1CCCO1)C1CCOC1. The van der Waals surface area contributed by atoms with E-state index in [2.05, 4.69) is 0 Å². The Labute approximate surface area is 91.1 Å². The highest BCUT2D eigenvalue weighted by atomic mass is 16.5. The predicted molar refractivity (Wildman–Crippen MR) is 56.7 cm³/mol. The fourth-order valence-corrected chi connectivity index (χ4v) is 2.14. The molecule has 2 saturated heterocycles. The standard InChI is InChI=1S/C11H21NO3/c12-11(9-3-5-13-6-9)8-14-7-10-2-1-4-15-10/h9-11H,1-8,12H2. The van der Waals surface area contributed by atoms with E-state index < -0.39 is 0 Å². The average Bonchev–Trinajstić information content (AvgIpc) is 2.90. The zero-order valence-electron chi connectivity index (χ0n) is 9.19. The van der Waals surface area contributed by atoms with Gasteiger partial charge in [-0.1, -0.05) is 0 Å². The zero-order chi connectivity index (χ0) is 10.5. The Bertz CT molecular complexity index is 177. The molecule has 3 unspecified atom stereocenters. The van der Waals surface area contributed by atoms with Gasteiger partial charge in [-0.25, -0.2) is 0 Å². The molecule has 0 spiro atoms. The van der Waals surface area contributed by atoms with Crippen molar-refractivity contribution in [3.05, 3.63) is 0 Å². The second-order valence-electron chi connectivity index (χ2n) is 4.46. The first-order valence-electron chi connectivity index (χ1n) is 5.89. The Morgan fingerprint density at radius 2 is 2.27 bits per heavy atom. The fraction of sp³-hybridized carbons (Fsp3) is 1.00. The van der Waals surface area contributed by atoms with Crippen molar-refractivity contribution in [2.45, 2.75) is 31.4 Å². The Morgan fingerprint density at radius 1 is 1.33 bits per heavy atom. The Balaban J connectivity index is 1.56. The minimum absolute atomic E-state index is 0.119. The van der Waals surface area contributed by atoms with Crippen LogP contribution in [0.4, 0.5) is 0 Å². The zero-order valence-corrected chi connectivity index (χ0v) is 9.19. The Morgan fingerprint density at radius 3 is 2.93 bits per heavy atom. The van der Waals surface area contributed by atoms with Crippen LogP contribution < -0.4 is 5.73 Å². The van der Waals surface area contributed by atoms with Crippen LogP contribution in [0.25, 0.3) is 0 Å². The third-order valence-corrected chi connectivity index (χ3v) is 3.21. The molecular weight excluding hydrogens is 194 g/mol. The minimum Gasteiger partial charge on any atom is -0.381 e. The van der Waals surface area contributed by atoms with Crippen LogP contribution >= 0.6 is 0 Å². The molecule has 0 radical (unpaired) electrons. The minimum atomic E-state index is 0.119. The van der Waals surface area contributed by atoms with E-state index in [1.807, 2.05) is 0 Å². The number of hydrogen-bond donors (Lipinski definition) is 1. The second kappa shape index (κ2) is 5.80. The van der Waals surface area contributed by atoms with Gasteiger partial charge in [-0.3, -0.25) is 0 Å². The molecule has 2 fully saturated rings. The first-order chi connectivity index (χ1) is 7.36. The smallest absolute Gasteiger partial charge is 0.0809 e. The van der Waals surface area contributed by atoms with Crippen LogP contribution in [0.2, 0.25) is 0 Å². The van der Waals surface area contributed by atoms with Crippen molar-refractivity contribution in [3.8, 4) is 0 Å². The maximum atomic E-state index is 6.02. The monoisotopic (exact) mass is 215 g/mol. The number of nitrogens with two attached hydrogens (primary N) is 1. The maximum absolute atomic E-state index is 6.02. The molecule has 15 heavy (non-hydrogen) atoms. The Hall–Kier alpha value is -0.160. The molecule has 2 rings (SSSR count). The molecule has 0 aliphatic carbocycles. The van der Waals surface area contributed by atoms with Gasteiger partial charge < -0.3 is 19.9 Å². The topological polar surface area (TPSA) is 53.7 Å². The van der Waals surface area contributed by atoms with Gasteiger partial charge in [0.15, 0.2) is 0 Å². The quantitative estimate of drug-likeness (QED) is 0.727. The summed E-state index contributed by atoms with van der Waals surface area (Å²) < 4.78 is 16.4. The van der Waals surface area contributed by atoms with Crippen molar-refractivity contribution in [1.29, 1.82) is 0 Å². The molecule has 88 valence electrons. The van der Waals surface area contributed by atoms with E-state index in [9.17, 15) is 0 Å². The van der Waals surface area contributed by atoms with Crippen molar-refractivity contribution in [2.24, 2.45) is 11.7 Å². The predicted octanol–water partition coefficient (Wildman–Crippen LogP) is 0.546. The maximum Gasteiger partial charge on any atom is 0.0809 e. The van der Waals surface area contributed by atoms with Crippen molar-refractivity contribution >= 4 is 0 Å². The van der Waals surface area contributed by atoms with Crippen LogP contribution in [0.3, 0.4) is 0 Å². The third kappa shape index (κ3) is 3.41. The van der Waals surface area contributed by atoms with Gasteiger partial charge in [-0.15, -0.1) is 0 Å². The van der Waals surface area contributed by atoms with E-state index in [1.165, 1.54) is 0 Å². The molecule has 2 aliphatic rings. The van der Waals surface area contributed by atoms with Gasteiger partial charge in [0.25, 0.3) is 0 Å². The summed E-state index contributed by atoms with van der Waals surface area (Å²) in [6.45, 7) is 3.86. The van der Waals surface area contributed by atoms with Gasteiger partial charge in [0.2, 0.25) is 0 Å². The molecule has 4 heteroatoms. The summed E-state index contributed by atoms with van der Waals surface area (Å²) in [5.74, 6) is 0.481. The van der Waals surface area contributed by atoms with Crippen LogP contribution in [-0.2, 0) is 14.2 Å². The molecule has 4 nitrogen and oxygen atoms in total. The summed E-state index contributed by atoms with van der Waals surface area (Å²) in [6.07, 6.45) is 3.67. The summed E-state index contributed by atoms with van der Waals surface area (Å²) in [4.78, 5) is 0. The lowest BCUT2D eigenvalue weighted by molar-refractivity contribution is 0.00814. The summed E-state index contributed by atoms with van der Waals surface area (Å²) in [5, 5.41) is 0. The highest BCUT2D eigenvalue weighted by molar-refractivity contribution is 4.76. The van der Waals surface area contributed by atoms with Crippen molar-refractivity contribution in [2.75, 3.05) is 33.0 Å². The van der Waals surface area contributed by atoms with E-state index in [-0.39, 0.29) is 6.04 Å². The van der Waals surface area contributed by atoms with E-state index in [1.54, 1.807) is 0 Å². The largest absolute Gasteiger partial charge is 0.381 e. The van der Waals surface area contributed by atoms with E-state index >= 15 is 0 Å². The number of rotatable bonds is 5. The highest BCUT2D eigenvalue weighted by Gasteiger charge is 2.23. The Kier molecular flexibility index (Phi) is 4.38. The molecule has 0 aromatic heterocycles. The lowest BCUT2D eigenvalue weighted by atomic mass is 10.0. The number of hydrogen-bond acceptors (Lipinski definition) is 4. The first-order valence-corrected chi connectivity index (χ1v) is 5.89. The van der Waals surface area contributed by atoms with Gasteiger partial charge in [0.1, 0.15) is 0 Å². The van der Waals surface area contributed by atoms with Crippen molar-refractivity contribution < 1.29 is 14.2 Å². The van der Waals surface area contributed by atoms with Gasteiger partial charge in [0, 0.05) is 25.2 Å². The first kappa shape index (κ1) is 11.3. The van der Waals surface area contributed by atoms with Crippen LogP contribution in [0.1, 0.15) is 19.3 Å². The summed E-state index contributed by atoms with van der Waals surface area (Å²) >= 11 is 0. The lowest BCUT2D eigenvalue weighted by Gasteiger charge is -2.18. The third-order valence-electron chi connectivity index (χ3n) is 3.21.